The molecule has 1 aromatic rings. The second kappa shape index (κ2) is 5.31. The summed E-state index contributed by atoms with van der Waals surface area (Å²) in [6.45, 7) is 2.26. The molecule has 1 aromatic carbocycles. The zero-order valence-corrected chi connectivity index (χ0v) is 9.84. The predicted molar refractivity (Wildman–Crippen MR) is 67.2 cm³/mol. The first-order valence-corrected chi connectivity index (χ1v) is 6.14. The summed E-state index contributed by atoms with van der Waals surface area (Å²) in [5.74, 6) is 1.05. The summed E-state index contributed by atoms with van der Waals surface area (Å²) >= 11 is 0. The first-order chi connectivity index (χ1) is 7.75. The molecule has 0 unspecified atom stereocenters. The van der Waals surface area contributed by atoms with Crippen LogP contribution in [0.25, 0.3) is 0 Å². The fraction of sp³-hybridized carbons (Fsp3) is 0.467. The Hall–Kier alpha value is -1.08. The minimum atomic E-state index is -0.235. The Kier molecular flexibility index (Phi) is 3.79. The van der Waals surface area contributed by atoms with Gasteiger partial charge in [0, 0.05) is 5.92 Å². The van der Waals surface area contributed by atoms with Crippen molar-refractivity contribution in [1.29, 1.82) is 0 Å². The molecule has 86 valence electrons. The molecule has 0 bridgehead atoms. The highest BCUT2D eigenvalue weighted by Gasteiger charge is 2.21. The molecule has 1 aliphatic carbocycles. The van der Waals surface area contributed by atoms with Crippen molar-refractivity contribution in [2.75, 3.05) is 0 Å². The van der Waals surface area contributed by atoms with Gasteiger partial charge in [-0.05, 0) is 30.7 Å². The molecule has 0 saturated heterocycles. The van der Waals surface area contributed by atoms with E-state index in [2.05, 4.69) is 31.2 Å². The average molecular weight is 216 g/mol. The summed E-state index contributed by atoms with van der Waals surface area (Å²) in [6, 6.07) is 10.2. The third-order valence-electron chi connectivity index (χ3n) is 3.38. The molecule has 3 atom stereocenters. The van der Waals surface area contributed by atoms with Crippen molar-refractivity contribution >= 4 is 0 Å². The largest absolute Gasteiger partial charge is 0.392 e. The molecule has 0 heterocycles. The van der Waals surface area contributed by atoms with Gasteiger partial charge < -0.3 is 5.11 Å². The molecule has 1 N–H and O–H groups in total. The number of rotatable bonds is 3. The summed E-state index contributed by atoms with van der Waals surface area (Å²) in [7, 11) is 0. The van der Waals surface area contributed by atoms with Gasteiger partial charge in [-0.2, -0.15) is 0 Å². The van der Waals surface area contributed by atoms with Gasteiger partial charge in [-0.25, -0.2) is 0 Å². The molecular formula is C15H20O. The zero-order chi connectivity index (χ0) is 11.4. The summed E-state index contributed by atoms with van der Waals surface area (Å²) in [5.41, 5.74) is 1.22. The van der Waals surface area contributed by atoms with Crippen LogP contribution < -0.4 is 0 Å². The van der Waals surface area contributed by atoms with Gasteiger partial charge in [0.25, 0.3) is 0 Å². The normalized spacial score (nSPS) is 26.6. The van der Waals surface area contributed by atoms with Crippen LogP contribution in [-0.2, 0) is 6.42 Å². The van der Waals surface area contributed by atoms with Gasteiger partial charge in [-0.3, -0.25) is 0 Å². The Bertz CT molecular complexity index is 342. The molecule has 0 aliphatic heterocycles. The van der Waals surface area contributed by atoms with Crippen molar-refractivity contribution in [1.82, 2.24) is 0 Å². The molecule has 0 radical (unpaired) electrons. The van der Waals surface area contributed by atoms with Crippen LogP contribution in [0.4, 0.5) is 0 Å². The van der Waals surface area contributed by atoms with Gasteiger partial charge >= 0.3 is 0 Å². The van der Waals surface area contributed by atoms with Crippen molar-refractivity contribution in [2.24, 2.45) is 11.8 Å². The Morgan fingerprint density at radius 2 is 2.06 bits per heavy atom. The number of hydrogen-bond acceptors (Lipinski definition) is 1. The van der Waals surface area contributed by atoms with Crippen LogP contribution in [0.5, 0.6) is 0 Å². The monoisotopic (exact) mass is 216 g/mol. The number of aliphatic hydroxyl groups excluding tert-OH is 1. The molecule has 1 nitrogen and oxygen atoms in total. The first kappa shape index (κ1) is 11.4. The van der Waals surface area contributed by atoms with Crippen molar-refractivity contribution < 1.29 is 5.11 Å². The molecule has 0 spiro atoms. The Morgan fingerprint density at radius 1 is 1.31 bits per heavy atom. The fourth-order valence-corrected chi connectivity index (χ4v) is 2.42. The molecule has 0 fully saturated rings. The average Bonchev–Trinajstić information content (AvgIpc) is 2.30. The summed E-state index contributed by atoms with van der Waals surface area (Å²) in [5, 5.41) is 10.2. The minimum absolute atomic E-state index is 0.235. The lowest BCUT2D eigenvalue weighted by molar-refractivity contribution is 0.114. The van der Waals surface area contributed by atoms with Gasteiger partial charge in [0.15, 0.2) is 0 Å². The first-order valence-electron chi connectivity index (χ1n) is 6.14. The van der Waals surface area contributed by atoms with Crippen LogP contribution in [0.1, 0.15) is 25.3 Å². The number of hydrogen-bond donors (Lipinski definition) is 1. The third kappa shape index (κ3) is 2.96. The van der Waals surface area contributed by atoms with E-state index in [-0.39, 0.29) is 6.10 Å². The van der Waals surface area contributed by atoms with E-state index in [4.69, 9.17) is 0 Å². The third-order valence-corrected chi connectivity index (χ3v) is 3.38. The summed E-state index contributed by atoms with van der Waals surface area (Å²) < 4.78 is 0. The molecule has 1 heteroatoms. The molecule has 0 amide bonds. The van der Waals surface area contributed by atoms with Crippen LogP contribution in [-0.4, -0.2) is 11.2 Å². The topological polar surface area (TPSA) is 20.2 Å². The highest BCUT2D eigenvalue weighted by Crippen LogP contribution is 2.26. The molecule has 2 rings (SSSR count). The van der Waals surface area contributed by atoms with Crippen LogP contribution in [0, 0.1) is 11.8 Å². The predicted octanol–water partition coefficient (Wildman–Crippen LogP) is 3.19. The molecular weight excluding hydrogens is 196 g/mol. The van der Waals surface area contributed by atoms with Gasteiger partial charge in [0.05, 0.1) is 6.10 Å². The van der Waals surface area contributed by atoms with Gasteiger partial charge in [-0.15, -0.1) is 0 Å². The highest BCUT2D eigenvalue weighted by molar-refractivity contribution is 5.16. The lowest BCUT2D eigenvalue weighted by Crippen LogP contribution is -2.25. The van der Waals surface area contributed by atoms with E-state index in [1.807, 2.05) is 18.2 Å². The summed E-state index contributed by atoms with van der Waals surface area (Å²) in [4.78, 5) is 0. The van der Waals surface area contributed by atoms with E-state index in [9.17, 15) is 5.11 Å². The van der Waals surface area contributed by atoms with E-state index >= 15 is 0 Å². The van der Waals surface area contributed by atoms with E-state index < -0.39 is 0 Å². The van der Waals surface area contributed by atoms with Gasteiger partial charge in [0.2, 0.25) is 0 Å². The maximum atomic E-state index is 10.2. The van der Waals surface area contributed by atoms with E-state index in [1.165, 1.54) is 5.56 Å². The smallest absolute Gasteiger partial charge is 0.0643 e. The molecule has 0 saturated carbocycles. The van der Waals surface area contributed by atoms with Gasteiger partial charge in [0.1, 0.15) is 0 Å². The highest BCUT2D eigenvalue weighted by atomic mass is 16.3. The number of benzene rings is 1. The Morgan fingerprint density at radius 3 is 2.75 bits per heavy atom. The van der Waals surface area contributed by atoms with Crippen LogP contribution in [0.15, 0.2) is 42.5 Å². The van der Waals surface area contributed by atoms with E-state index in [0.717, 1.165) is 19.3 Å². The second-order valence-electron chi connectivity index (χ2n) is 4.93. The quantitative estimate of drug-likeness (QED) is 0.769. The Labute approximate surface area is 97.8 Å². The van der Waals surface area contributed by atoms with Crippen molar-refractivity contribution in [3.63, 3.8) is 0 Å². The lowest BCUT2D eigenvalue weighted by atomic mass is 9.83. The van der Waals surface area contributed by atoms with Gasteiger partial charge in [-0.1, -0.05) is 49.4 Å². The molecule has 16 heavy (non-hydrogen) atoms. The van der Waals surface area contributed by atoms with Crippen LogP contribution in [0.3, 0.4) is 0 Å². The second-order valence-corrected chi connectivity index (χ2v) is 4.93. The van der Waals surface area contributed by atoms with Crippen molar-refractivity contribution in [3.05, 3.63) is 48.0 Å². The van der Waals surface area contributed by atoms with Crippen molar-refractivity contribution in [2.45, 2.75) is 32.3 Å². The van der Waals surface area contributed by atoms with Crippen LogP contribution in [0.2, 0.25) is 0 Å². The van der Waals surface area contributed by atoms with Crippen LogP contribution >= 0.6 is 0 Å². The van der Waals surface area contributed by atoms with E-state index in [0.29, 0.717) is 11.8 Å². The number of allylic oxidation sites excluding steroid dienone is 1. The minimum Gasteiger partial charge on any atom is -0.392 e. The lowest BCUT2D eigenvalue weighted by Gasteiger charge is -2.26. The number of aliphatic hydroxyl groups is 1. The maximum absolute atomic E-state index is 10.2. The Balaban J connectivity index is 1.95. The van der Waals surface area contributed by atoms with Crippen molar-refractivity contribution in [3.8, 4) is 0 Å². The SMILES string of the molecule is C[C@H]1CC=C[C@@H]([C@@H](O)Cc2ccccc2)C1. The maximum Gasteiger partial charge on any atom is 0.0643 e. The zero-order valence-electron chi connectivity index (χ0n) is 9.84. The fourth-order valence-electron chi connectivity index (χ4n) is 2.42. The molecule has 0 aromatic heterocycles. The standard InChI is InChI=1S/C15H20O/c1-12-6-5-9-14(10-12)15(16)11-13-7-3-2-4-8-13/h2-5,7-9,12,14-16H,6,10-11H2,1H3/t12-,14+,15-/m0/s1. The summed E-state index contributed by atoms with van der Waals surface area (Å²) in [6.07, 6.45) is 7.21. The van der Waals surface area contributed by atoms with E-state index in [1.54, 1.807) is 0 Å². The molecule has 1 aliphatic rings.